The molecule has 0 unspecified atom stereocenters. The summed E-state index contributed by atoms with van der Waals surface area (Å²) in [5.74, 6) is 2.14. The van der Waals surface area contributed by atoms with Crippen LogP contribution in [0, 0.1) is 5.92 Å². The van der Waals surface area contributed by atoms with Gasteiger partial charge in [-0.3, -0.25) is 0 Å². The van der Waals surface area contributed by atoms with Gasteiger partial charge in [-0.05, 0) is 25.3 Å². The van der Waals surface area contributed by atoms with Crippen LogP contribution in [0.2, 0.25) is 0 Å². The second-order valence-corrected chi connectivity index (χ2v) is 6.75. The van der Waals surface area contributed by atoms with Crippen molar-refractivity contribution in [3.8, 4) is 0 Å². The summed E-state index contributed by atoms with van der Waals surface area (Å²) < 4.78 is 7.01. The maximum atomic E-state index is 5.27. The summed E-state index contributed by atoms with van der Waals surface area (Å²) in [7, 11) is 0. The molecule has 0 amide bonds. The molecule has 7 heteroatoms. The lowest BCUT2D eigenvalue weighted by Crippen LogP contribution is -2.16. The first-order chi connectivity index (χ1) is 10.0. The van der Waals surface area contributed by atoms with E-state index in [1.807, 2.05) is 27.0 Å². The SMILES string of the molecule is CC(C)(C)c1nc(Cn2cc(CNCC3CC3)nn2)no1. The van der Waals surface area contributed by atoms with E-state index in [-0.39, 0.29) is 5.41 Å². The topological polar surface area (TPSA) is 81.7 Å². The highest BCUT2D eigenvalue weighted by Gasteiger charge is 2.22. The van der Waals surface area contributed by atoms with E-state index in [1.165, 1.54) is 12.8 Å². The third-order valence-corrected chi connectivity index (χ3v) is 3.44. The van der Waals surface area contributed by atoms with E-state index in [0.717, 1.165) is 24.7 Å². The van der Waals surface area contributed by atoms with Crippen LogP contribution in [-0.2, 0) is 18.5 Å². The van der Waals surface area contributed by atoms with Crippen LogP contribution in [0.4, 0.5) is 0 Å². The van der Waals surface area contributed by atoms with Crippen LogP contribution in [0.25, 0.3) is 0 Å². The van der Waals surface area contributed by atoms with Gasteiger partial charge < -0.3 is 9.84 Å². The molecule has 1 fully saturated rings. The van der Waals surface area contributed by atoms with Crippen molar-refractivity contribution in [2.24, 2.45) is 5.92 Å². The zero-order valence-corrected chi connectivity index (χ0v) is 12.8. The van der Waals surface area contributed by atoms with Crippen molar-refractivity contribution in [1.82, 2.24) is 30.5 Å². The molecule has 0 bridgehead atoms. The van der Waals surface area contributed by atoms with E-state index in [2.05, 4.69) is 25.8 Å². The first kappa shape index (κ1) is 14.2. The molecule has 2 heterocycles. The molecule has 1 aliphatic rings. The van der Waals surface area contributed by atoms with E-state index < -0.39 is 0 Å². The Morgan fingerprint density at radius 2 is 2.19 bits per heavy atom. The number of nitrogens with one attached hydrogen (secondary N) is 1. The zero-order valence-electron chi connectivity index (χ0n) is 12.8. The van der Waals surface area contributed by atoms with Crippen LogP contribution >= 0.6 is 0 Å². The maximum Gasteiger partial charge on any atom is 0.232 e. The van der Waals surface area contributed by atoms with Crippen LogP contribution in [0.15, 0.2) is 10.7 Å². The van der Waals surface area contributed by atoms with E-state index >= 15 is 0 Å². The van der Waals surface area contributed by atoms with Gasteiger partial charge in [-0.15, -0.1) is 5.10 Å². The van der Waals surface area contributed by atoms with Gasteiger partial charge in [-0.25, -0.2) is 4.68 Å². The smallest absolute Gasteiger partial charge is 0.232 e. The molecule has 2 aromatic heterocycles. The van der Waals surface area contributed by atoms with Gasteiger partial charge in [0, 0.05) is 12.0 Å². The lowest BCUT2D eigenvalue weighted by atomic mass is 9.97. The van der Waals surface area contributed by atoms with Gasteiger partial charge >= 0.3 is 0 Å². The highest BCUT2D eigenvalue weighted by Crippen LogP contribution is 2.27. The van der Waals surface area contributed by atoms with Gasteiger partial charge in [-0.2, -0.15) is 4.98 Å². The summed E-state index contributed by atoms with van der Waals surface area (Å²) in [6.45, 7) is 8.45. The summed E-state index contributed by atoms with van der Waals surface area (Å²) in [5, 5.41) is 15.6. The minimum Gasteiger partial charge on any atom is -0.339 e. The average Bonchev–Trinajstić information content (AvgIpc) is 2.93. The van der Waals surface area contributed by atoms with Crippen molar-refractivity contribution in [2.45, 2.75) is 52.1 Å². The third kappa shape index (κ3) is 3.87. The molecule has 1 saturated carbocycles. The monoisotopic (exact) mass is 290 g/mol. The number of rotatable bonds is 6. The molecule has 0 saturated heterocycles. The summed E-state index contributed by atoms with van der Waals surface area (Å²) in [4.78, 5) is 4.40. The second kappa shape index (κ2) is 5.55. The minimum atomic E-state index is -0.133. The number of hydrogen-bond donors (Lipinski definition) is 1. The molecule has 114 valence electrons. The highest BCUT2D eigenvalue weighted by molar-refractivity contribution is 4.99. The lowest BCUT2D eigenvalue weighted by molar-refractivity contribution is 0.317. The predicted molar refractivity (Wildman–Crippen MR) is 76.6 cm³/mol. The largest absolute Gasteiger partial charge is 0.339 e. The molecule has 1 N–H and O–H groups in total. The molecule has 0 spiro atoms. The minimum absolute atomic E-state index is 0.133. The summed E-state index contributed by atoms with van der Waals surface area (Å²) in [5.41, 5.74) is 0.807. The van der Waals surface area contributed by atoms with E-state index in [0.29, 0.717) is 18.3 Å². The third-order valence-electron chi connectivity index (χ3n) is 3.44. The maximum absolute atomic E-state index is 5.27. The fourth-order valence-corrected chi connectivity index (χ4v) is 1.99. The Morgan fingerprint density at radius 3 is 2.86 bits per heavy atom. The van der Waals surface area contributed by atoms with Crippen LogP contribution in [0.5, 0.6) is 0 Å². The van der Waals surface area contributed by atoms with Gasteiger partial charge in [-0.1, -0.05) is 31.1 Å². The van der Waals surface area contributed by atoms with Gasteiger partial charge in [0.1, 0.15) is 6.54 Å². The standard InChI is InChI=1S/C14H22N6O/c1-14(2,3)13-16-12(18-21-13)9-20-8-11(17-19-20)7-15-6-10-4-5-10/h8,10,15H,4-7,9H2,1-3H3. The second-order valence-electron chi connectivity index (χ2n) is 6.75. The zero-order chi connectivity index (χ0) is 14.9. The number of hydrogen-bond acceptors (Lipinski definition) is 6. The summed E-state index contributed by atoms with van der Waals surface area (Å²) >= 11 is 0. The molecule has 21 heavy (non-hydrogen) atoms. The molecule has 1 aliphatic carbocycles. The van der Waals surface area contributed by atoms with Crippen LogP contribution < -0.4 is 5.32 Å². The van der Waals surface area contributed by atoms with Crippen molar-refractivity contribution in [1.29, 1.82) is 0 Å². The van der Waals surface area contributed by atoms with Gasteiger partial charge in [0.15, 0.2) is 5.82 Å². The van der Waals surface area contributed by atoms with Crippen molar-refractivity contribution >= 4 is 0 Å². The van der Waals surface area contributed by atoms with Crippen molar-refractivity contribution < 1.29 is 4.52 Å². The fourth-order valence-electron chi connectivity index (χ4n) is 1.99. The highest BCUT2D eigenvalue weighted by atomic mass is 16.5. The predicted octanol–water partition coefficient (Wildman–Crippen LogP) is 1.51. The van der Waals surface area contributed by atoms with Crippen molar-refractivity contribution in [2.75, 3.05) is 6.54 Å². The Kier molecular flexibility index (Phi) is 3.75. The van der Waals surface area contributed by atoms with E-state index in [4.69, 9.17) is 4.52 Å². The van der Waals surface area contributed by atoms with E-state index in [1.54, 1.807) is 4.68 Å². The Bertz CT molecular complexity index is 593. The fraction of sp³-hybridized carbons (Fsp3) is 0.714. The quantitative estimate of drug-likeness (QED) is 0.868. The lowest BCUT2D eigenvalue weighted by Gasteiger charge is -2.10. The van der Waals surface area contributed by atoms with Crippen LogP contribution in [0.3, 0.4) is 0 Å². The Morgan fingerprint density at radius 1 is 1.38 bits per heavy atom. The Hall–Kier alpha value is -1.76. The first-order valence-electron chi connectivity index (χ1n) is 7.43. The Balaban J connectivity index is 1.54. The molecule has 3 rings (SSSR count). The molecular formula is C14H22N6O. The average molecular weight is 290 g/mol. The van der Waals surface area contributed by atoms with Gasteiger partial charge in [0.2, 0.25) is 5.89 Å². The van der Waals surface area contributed by atoms with Crippen molar-refractivity contribution in [3.63, 3.8) is 0 Å². The van der Waals surface area contributed by atoms with Crippen molar-refractivity contribution in [3.05, 3.63) is 23.6 Å². The molecular weight excluding hydrogens is 268 g/mol. The van der Waals surface area contributed by atoms with Crippen LogP contribution in [-0.4, -0.2) is 31.7 Å². The normalized spacial score (nSPS) is 15.6. The number of aromatic nitrogens is 5. The van der Waals surface area contributed by atoms with Gasteiger partial charge in [0.05, 0.1) is 11.9 Å². The first-order valence-corrected chi connectivity index (χ1v) is 7.43. The summed E-state index contributed by atoms with van der Waals surface area (Å²) in [6, 6.07) is 0. The molecule has 0 aliphatic heterocycles. The summed E-state index contributed by atoms with van der Waals surface area (Å²) in [6.07, 6.45) is 4.63. The van der Waals surface area contributed by atoms with Gasteiger partial charge in [0.25, 0.3) is 0 Å². The van der Waals surface area contributed by atoms with E-state index in [9.17, 15) is 0 Å². The number of nitrogens with zero attached hydrogens (tertiary/aromatic N) is 5. The molecule has 2 aromatic rings. The molecule has 0 atom stereocenters. The molecule has 7 nitrogen and oxygen atoms in total. The van der Waals surface area contributed by atoms with Crippen LogP contribution in [0.1, 0.15) is 51.0 Å². The molecule has 0 radical (unpaired) electrons. The molecule has 0 aromatic carbocycles. The Labute approximate surface area is 124 Å².